The van der Waals surface area contributed by atoms with Crippen molar-refractivity contribution in [1.82, 2.24) is 14.9 Å². The molecule has 0 bridgehead atoms. The van der Waals surface area contributed by atoms with Crippen LogP contribution in [0.2, 0.25) is 0 Å². The van der Waals surface area contributed by atoms with E-state index >= 15 is 0 Å². The van der Waals surface area contributed by atoms with Gasteiger partial charge >= 0.3 is 0 Å². The van der Waals surface area contributed by atoms with Crippen molar-refractivity contribution >= 4 is 22.4 Å². The second-order valence-corrected chi connectivity index (χ2v) is 7.17. The first-order chi connectivity index (χ1) is 14.7. The minimum absolute atomic E-state index is 0.0190. The number of fused-ring (bicyclic) bond motifs is 1. The topological polar surface area (TPSA) is 78.0 Å². The maximum Gasteiger partial charge on any atom is 0.162 e. The van der Waals surface area contributed by atoms with Gasteiger partial charge in [0, 0.05) is 36.3 Å². The average molecular weight is 410 g/mol. The smallest absolute Gasteiger partial charge is 0.162 e. The number of aromatic nitrogens is 2. The molecule has 8 heteroatoms. The predicted molar refractivity (Wildman–Crippen MR) is 115 cm³/mol. The van der Waals surface area contributed by atoms with Gasteiger partial charge < -0.3 is 29.2 Å². The number of likely N-dealkylation sites (N-methyl/N-ethyl adjacent to an activating group) is 1. The van der Waals surface area contributed by atoms with E-state index in [0.717, 1.165) is 35.4 Å². The Morgan fingerprint density at radius 2 is 2.03 bits per heavy atom. The molecular weight excluding hydrogens is 384 g/mol. The van der Waals surface area contributed by atoms with Gasteiger partial charge in [-0.2, -0.15) is 0 Å². The van der Waals surface area contributed by atoms with Gasteiger partial charge in [-0.15, -0.1) is 0 Å². The molecule has 0 aliphatic carbocycles. The van der Waals surface area contributed by atoms with Gasteiger partial charge in [0.05, 0.1) is 26.3 Å². The van der Waals surface area contributed by atoms with Gasteiger partial charge in [-0.3, -0.25) is 0 Å². The Bertz CT molecular complexity index is 1010. The van der Waals surface area contributed by atoms with Crippen LogP contribution in [0, 0.1) is 0 Å². The largest absolute Gasteiger partial charge is 0.497 e. The lowest BCUT2D eigenvalue weighted by molar-refractivity contribution is -0.0406. The summed E-state index contributed by atoms with van der Waals surface area (Å²) in [6.07, 6.45) is 1.54. The third kappa shape index (κ3) is 4.55. The van der Waals surface area contributed by atoms with Crippen LogP contribution in [0.3, 0.4) is 0 Å². The van der Waals surface area contributed by atoms with Gasteiger partial charge in [0.1, 0.15) is 30.6 Å². The summed E-state index contributed by atoms with van der Waals surface area (Å²) in [4.78, 5) is 11.0. The molecule has 1 aliphatic rings. The highest BCUT2D eigenvalue weighted by molar-refractivity contribution is 5.93. The number of benzene rings is 2. The van der Waals surface area contributed by atoms with Crippen molar-refractivity contribution in [3.63, 3.8) is 0 Å². The molecule has 8 nitrogen and oxygen atoms in total. The maximum atomic E-state index is 6.09. The highest BCUT2D eigenvalue weighted by atomic mass is 16.5. The molecule has 2 aromatic carbocycles. The minimum Gasteiger partial charge on any atom is -0.497 e. The summed E-state index contributed by atoms with van der Waals surface area (Å²) in [7, 11) is 5.35. The van der Waals surface area contributed by atoms with Gasteiger partial charge in [0.15, 0.2) is 11.5 Å². The van der Waals surface area contributed by atoms with Crippen molar-refractivity contribution in [3.8, 4) is 17.2 Å². The standard InChI is InChI=1S/C22H26N4O4/c1-26-7-8-29-17(12-26)13-30-21-10-18-19(11-20(21)28-3)23-14-24-22(18)25-15-5-4-6-16(9-15)27-2/h4-6,9-11,14,17H,7-8,12-13H2,1-3H3,(H,23,24,25). The van der Waals surface area contributed by atoms with E-state index in [2.05, 4.69) is 27.2 Å². The van der Waals surface area contributed by atoms with Crippen LogP contribution < -0.4 is 19.5 Å². The fourth-order valence-electron chi connectivity index (χ4n) is 3.42. The maximum absolute atomic E-state index is 6.09. The number of nitrogens with zero attached hydrogens (tertiary/aromatic N) is 3. The van der Waals surface area contributed by atoms with Gasteiger partial charge in [-0.1, -0.05) is 6.07 Å². The third-order valence-electron chi connectivity index (χ3n) is 5.02. The van der Waals surface area contributed by atoms with E-state index in [0.29, 0.717) is 30.5 Å². The molecule has 0 radical (unpaired) electrons. The number of morpholine rings is 1. The molecule has 1 aliphatic heterocycles. The molecule has 1 unspecified atom stereocenters. The minimum atomic E-state index is 0.0190. The highest BCUT2D eigenvalue weighted by Crippen LogP contribution is 2.35. The van der Waals surface area contributed by atoms with Gasteiger partial charge in [0.25, 0.3) is 0 Å². The second-order valence-electron chi connectivity index (χ2n) is 7.17. The Kier molecular flexibility index (Phi) is 6.15. The first kappa shape index (κ1) is 20.2. The van der Waals surface area contributed by atoms with Crippen LogP contribution in [-0.2, 0) is 4.74 Å². The number of hydrogen-bond acceptors (Lipinski definition) is 8. The van der Waals surface area contributed by atoms with Gasteiger partial charge in [-0.05, 0) is 25.2 Å². The predicted octanol–water partition coefficient (Wildman–Crippen LogP) is 3.10. The first-order valence-corrected chi connectivity index (χ1v) is 9.83. The molecule has 4 rings (SSSR count). The summed E-state index contributed by atoms with van der Waals surface area (Å²) in [6.45, 7) is 2.93. The van der Waals surface area contributed by atoms with Crippen LogP contribution in [0.15, 0.2) is 42.7 Å². The molecule has 1 aromatic heterocycles. The number of nitrogens with one attached hydrogen (secondary N) is 1. The van der Waals surface area contributed by atoms with Crippen molar-refractivity contribution in [2.75, 3.05) is 52.9 Å². The monoisotopic (exact) mass is 410 g/mol. The van der Waals surface area contributed by atoms with Crippen LogP contribution in [0.5, 0.6) is 17.2 Å². The number of methoxy groups -OCH3 is 2. The molecule has 0 spiro atoms. The van der Waals surface area contributed by atoms with Gasteiger partial charge in [0.2, 0.25) is 0 Å². The van der Waals surface area contributed by atoms with Gasteiger partial charge in [-0.25, -0.2) is 9.97 Å². The number of hydrogen-bond donors (Lipinski definition) is 1. The Hall–Kier alpha value is -3.10. The van der Waals surface area contributed by atoms with Crippen LogP contribution in [-0.4, -0.2) is 68.5 Å². The summed E-state index contributed by atoms with van der Waals surface area (Å²) in [5.41, 5.74) is 1.62. The highest BCUT2D eigenvalue weighted by Gasteiger charge is 2.20. The lowest BCUT2D eigenvalue weighted by atomic mass is 10.2. The molecule has 0 saturated carbocycles. The molecule has 158 valence electrons. The van der Waals surface area contributed by atoms with Crippen molar-refractivity contribution in [3.05, 3.63) is 42.7 Å². The molecule has 3 aromatic rings. The first-order valence-electron chi connectivity index (χ1n) is 9.83. The summed E-state index contributed by atoms with van der Waals surface area (Å²) >= 11 is 0. The molecule has 1 fully saturated rings. The lowest BCUT2D eigenvalue weighted by Crippen LogP contribution is -2.42. The van der Waals surface area contributed by atoms with Crippen LogP contribution in [0.1, 0.15) is 0 Å². The number of anilines is 2. The zero-order valence-corrected chi connectivity index (χ0v) is 17.4. The van der Waals surface area contributed by atoms with Crippen molar-refractivity contribution < 1.29 is 18.9 Å². The fourth-order valence-corrected chi connectivity index (χ4v) is 3.42. The fraction of sp³-hybridized carbons (Fsp3) is 0.364. The van der Waals surface area contributed by atoms with Crippen molar-refractivity contribution in [1.29, 1.82) is 0 Å². The third-order valence-corrected chi connectivity index (χ3v) is 5.02. The summed E-state index contributed by atoms with van der Waals surface area (Å²) in [5, 5.41) is 4.17. The van der Waals surface area contributed by atoms with Crippen LogP contribution >= 0.6 is 0 Å². The molecule has 30 heavy (non-hydrogen) atoms. The van der Waals surface area contributed by atoms with E-state index in [1.807, 2.05) is 36.4 Å². The molecular formula is C22H26N4O4. The lowest BCUT2D eigenvalue weighted by Gasteiger charge is -2.30. The Balaban J connectivity index is 1.61. The van der Waals surface area contributed by atoms with Crippen LogP contribution in [0.25, 0.3) is 10.9 Å². The summed E-state index contributed by atoms with van der Waals surface area (Å²) < 4.78 is 22.7. The van der Waals surface area contributed by atoms with E-state index in [-0.39, 0.29) is 6.10 Å². The number of ether oxygens (including phenoxy) is 4. The Morgan fingerprint density at radius 1 is 1.13 bits per heavy atom. The Labute approximate surface area is 175 Å². The van der Waals surface area contributed by atoms with Crippen molar-refractivity contribution in [2.24, 2.45) is 0 Å². The number of rotatable bonds is 7. The SMILES string of the molecule is COc1cccc(Nc2ncnc3cc(OC)c(OCC4CN(C)CCO4)cc23)c1. The van der Waals surface area contributed by atoms with E-state index in [4.69, 9.17) is 18.9 Å². The zero-order chi connectivity index (χ0) is 20.9. The summed E-state index contributed by atoms with van der Waals surface area (Å²) in [5.74, 6) is 2.69. The Morgan fingerprint density at radius 3 is 2.83 bits per heavy atom. The van der Waals surface area contributed by atoms with Crippen LogP contribution in [0.4, 0.5) is 11.5 Å². The normalized spacial score (nSPS) is 17.0. The average Bonchev–Trinajstić information content (AvgIpc) is 2.77. The zero-order valence-electron chi connectivity index (χ0n) is 17.4. The molecule has 2 heterocycles. The molecule has 1 atom stereocenters. The van der Waals surface area contributed by atoms with E-state index in [1.165, 1.54) is 6.33 Å². The second kappa shape index (κ2) is 9.15. The van der Waals surface area contributed by atoms with E-state index in [1.54, 1.807) is 14.2 Å². The molecule has 0 amide bonds. The van der Waals surface area contributed by atoms with E-state index in [9.17, 15) is 0 Å². The quantitative estimate of drug-likeness (QED) is 0.637. The molecule has 1 N–H and O–H groups in total. The molecule has 1 saturated heterocycles. The summed E-state index contributed by atoms with van der Waals surface area (Å²) in [6, 6.07) is 11.4. The van der Waals surface area contributed by atoms with E-state index < -0.39 is 0 Å². The van der Waals surface area contributed by atoms with Crippen molar-refractivity contribution in [2.45, 2.75) is 6.10 Å².